The molecule has 0 aromatic heterocycles. The Hall–Kier alpha value is -3.02. The molecule has 1 atom stereocenters. The molecule has 0 saturated carbocycles. The number of amides is 3. The summed E-state index contributed by atoms with van der Waals surface area (Å²) in [4.78, 5) is 27.5. The van der Waals surface area contributed by atoms with Crippen molar-refractivity contribution in [3.05, 3.63) is 59.2 Å². The van der Waals surface area contributed by atoms with E-state index in [0.717, 1.165) is 41.0 Å². The molecule has 0 bridgehead atoms. The van der Waals surface area contributed by atoms with E-state index in [-0.39, 0.29) is 11.9 Å². The smallest absolute Gasteiger partial charge is 0.321 e. The number of rotatable bonds is 5. The van der Waals surface area contributed by atoms with Crippen molar-refractivity contribution in [2.45, 2.75) is 40.2 Å². The van der Waals surface area contributed by atoms with Crippen LogP contribution < -0.4 is 15.4 Å². The average Bonchev–Trinajstić information content (AvgIpc) is 2.74. The van der Waals surface area contributed by atoms with Crippen LogP contribution in [0.5, 0.6) is 5.75 Å². The van der Waals surface area contributed by atoms with Gasteiger partial charge in [-0.05, 0) is 62.9 Å². The fourth-order valence-corrected chi connectivity index (χ4v) is 3.92. The monoisotopic (exact) mass is 409 g/mol. The van der Waals surface area contributed by atoms with Crippen LogP contribution in [0.2, 0.25) is 0 Å². The zero-order chi connectivity index (χ0) is 21.7. The lowest BCUT2D eigenvalue weighted by atomic mass is 9.81. The predicted octanol–water partition coefficient (Wildman–Crippen LogP) is 4.26. The van der Waals surface area contributed by atoms with E-state index in [2.05, 4.69) is 10.6 Å². The number of nitrogens with zero attached hydrogens (tertiary/aromatic N) is 1. The van der Waals surface area contributed by atoms with Crippen molar-refractivity contribution in [1.82, 2.24) is 10.2 Å². The molecular weight excluding hydrogens is 378 g/mol. The lowest BCUT2D eigenvalue weighted by Crippen LogP contribution is -2.52. The van der Waals surface area contributed by atoms with Crippen LogP contribution >= 0.6 is 0 Å². The summed E-state index contributed by atoms with van der Waals surface area (Å²) < 4.78 is 5.24. The van der Waals surface area contributed by atoms with Crippen LogP contribution in [0.15, 0.2) is 42.5 Å². The maximum absolute atomic E-state index is 13.0. The summed E-state index contributed by atoms with van der Waals surface area (Å²) in [6, 6.07) is 13.4. The van der Waals surface area contributed by atoms with Gasteiger partial charge in [-0.3, -0.25) is 4.79 Å². The molecule has 0 spiro atoms. The molecule has 2 N–H and O–H groups in total. The van der Waals surface area contributed by atoms with Crippen molar-refractivity contribution < 1.29 is 14.3 Å². The Labute approximate surface area is 178 Å². The molecule has 2 aromatic carbocycles. The highest BCUT2D eigenvalue weighted by Crippen LogP contribution is 2.30. The number of anilines is 1. The number of nitrogens with one attached hydrogen (secondary N) is 2. The molecule has 3 rings (SSSR count). The van der Waals surface area contributed by atoms with Crippen LogP contribution in [0.3, 0.4) is 0 Å². The van der Waals surface area contributed by atoms with E-state index in [1.54, 1.807) is 12.0 Å². The molecule has 0 aliphatic carbocycles. The van der Waals surface area contributed by atoms with Crippen LogP contribution in [0.25, 0.3) is 0 Å². The molecule has 1 saturated heterocycles. The first-order valence-electron chi connectivity index (χ1n) is 10.4. The highest BCUT2D eigenvalue weighted by molar-refractivity contribution is 5.91. The van der Waals surface area contributed by atoms with Crippen molar-refractivity contribution >= 4 is 17.6 Å². The first-order chi connectivity index (χ1) is 14.3. The standard InChI is InChI=1S/C24H31N3O3/c1-17-9-10-21(18(2)13-17)26-23(29)27-12-6-11-24(3,16-27)22(28)25-15-19-7-5-8-20(14-19)30-4/h5,7-10,13-14H,6,11-12,15-16H2,1-4H3,(H,25,28)(H,26,29)/t24-/m1/s1. The van der Waals surface area contributed by atoms with Gasteiger partial charge >= 0.3 is 6.03 Å². The number of likely N-dealkylation sites (tertiary alicyclic amines) is 1. The molecule has 30 heavy (non-hydrogen) atoms. The number of ether oxygens (including phenoxy) is 1. The van der Waals surface area contributed by atoms with Gasteiger partial charge in [0.25, 0.3) is 0 Å². The summed E-state index contributed by atoms with van der Waals surface area (Å²) in [6.45, 7) is 7.42. The number of hydrogen-bond donors (Lipinski definition) is 2. The molecule has 1 aliphatic heterocycles. The first kappa shape index (κ1) is 21.7. The highest BCUT2D eigenvalue weighted by atomic mass is 16.5. The molecule has 6 nitrogen and oxygen atoms in total. The van der Waals surface area contributed by atoms with Crippen molar-refractivity contribution in [3.8, 4) is 5.75 Å². The normalized spacial score (nSPS) is 18.6. The molecule has 1 aliphatic rings. The number of hydrogen-bond acceptors (Lipinski definition) is 3. The summed E-state index contributed by atoms with van der Waals surface area (Å²) in [5.41, 5.74) is 3.35. The SMILES string of the molecule is COc1cccc(CNC(=O)[C@]2(C)CCCN(C(=O)Nc3ccc(C)cc3C)C2)c1. The first-order valence-corrected chi connectivity index (χ1v) is 10.4. The molecule has 2 aromatic rings. The molecule has 1 fully saturated rings. The minimum atomic E-state index is -0.614. The second-order valence-electron chi connectivity index (χ2n) is 8.37. The number of carbonyl (C=O) groups is 2. The van der Waals surface area contributed by atoms with Crippen LogP contribution in [-0.2, 0) is 11.3 Å². The van der Waals surface area contributed by atoms with Gasteiger partial charge in [-0.25, -0.2) is 4.79 Å². The van der Waals surface area contributed by atoms with E-state index in [4.69, 9.17) is 4.74 Å². The predicted molar refractivity (Wildman–Crippen MR) is 119 cm³/mol. The molecule has 160 valence electrons. The largest absolute Gasteiger partial charge is 0.497 e. The van der Waals surface area contributed by atoms with E-state index in [1.807, 2.05) is 63.2 Å². The van der Waals surface area contributed by atoms with E-state index < -0.39 is 5.41 Å². The Morgan fingerprint density at radius 3 is 2.70 bits per heavy atom. The van der Waals surface area contributed by atoms with Gasteiger partial charge < -0.3 is 20.3 Å². The Morgan fingerprint density at radius 1 is 1.17 bits per heavy atom. The van der Waals surface area contributed by atoms with Gasteiger partial charge in [0.05, 0.1) is 12.5 Å². The highest BCUT2D eigenvalue weighted by Gasteiger charge is 2.39. The summed E-state index contributed by atoms with van der Waals surface area (Å²) >= 11 is 0. The summed E-state index contributed by atoms with van der Waals surface area (Å²) in [6.07, 6.45) is 1.55. The summed E-state index contributed by atoms with van der Waals surface area (Å²) in [5.74, 6) is 0.731. The number of methoxy groups -OCH3 is 1. The topological polar surface area (TPSA) is 70.7 Å². The molecule has 0 radical (unpaired) electrons. The van der Waals surface area contributed by atoms with Gasteiger partial charge in [-0.15, -0.1) is 0 Å². The average molecular weight is 410 g/mol. The van der Waals surface area contributed by atoms with Gasteiger partial charge in [-0.2, -0.15) is 0 Å². The lowest BCUT2D eigenvalue weighted by Gasteiger charge is -2.39. The van der Waals surface area contributed by atoms with Crippen LogP contribution in [0.1, 0.15) is 36.5 Å². The zero-order valence-electron chi connectivity index (χ0n) is 18.2. The van der Waals surface area contributed by atoms with E-state index in [9.17, 15) is 9.59 Å². The molecule has 0 unspecified atom stereocenters. The second kappa shape index (κ2) is 9.20. The van der Waals surface area contributed by atoms with Gasteiger partial charge in [-0.1, -0.05) is 29.8 Å². The zero-order valence-corrected chi connectivity index (χ0v) is 18.2. The Bertz CT molecular complexity index is 928. The Kier molecular flexibility index (Phi) is 6.65. The number of aryl methyl sites for hydroxylation is 2. The van der Waals surface area contributed by atoms with E-state index in [1.165, 1.54) is 0 Å². The van der Waals surface area contributed by atoms with Crippen LogP contribution in [0, 0.1) is 19.3 Å². The minimum absolute atomic E-state index is 0.0330. The van der Waals surface area contributed by atoms with Crippen LogP contribution in [-0.4, -0.2) is 37.0 Å². The third-order valence-electron chi connectivity index (χ3n) is 5.74. The van der Waals surface area contributed by atoms with E-state index >= 15 is 0 Å². The Morgan fingerprint density at radius 2 is 1.97 bits per heavy atom. The molecular formula is C24H31N3O3. The molecule has 3 amide bonds. The summed E-state index contributed by atoms with van der Waals surface area (Å²) in [5, 5.41) is 6.03. The van der Waals surface area contributed by atoms with Crippen molar-refractivity contribution in [2.75, 3.05) is 25.5 Å². The number of benzene rings is 2. The second-order valence-corrected chi connectivity index (χ2v) is 8.37. The number of piperidine rings is 1. The Balaban J connectivity index is 1.61. The van der Waals surface area contributed by atoms with Crippen molar-refractivity contribution in [1.29, 1.82) is 0 Å². The number of urea groups is 1. The van der Waals surface area contributed by atoms with Crippen molar-refractivity contribution in [3.63, 3.8) is 0 Å². The van der Waals surface area contributed by atoms with Crippen LogP contribution in [0.4, 0.5) is 10.5 Å². The van der Waals surface area contributed by atoms with E-state index in [0.29, 0.717) is 19.6 Å². The molecule has 1 heterocycles. The maximum Gasteiger partial charge on any atom is 0.321 e. The minimum Gasteiger partial charge on any atom is -0.497 e. The van der Waals surface area contributed by atoms with Gasteiger partial charge in [0.1, 0.15) is 5.75 Å². The lowest BCUT2D eigenvalue weighted by molar-refractivity contribution is -0.132. The third kappa shape index (κ3) is 5.12. The maximum atomic E-state index is 13.0. The van der Waals surface area contributed by atoms with Gasteiger partial charge in [0.2, 0.25) is 5.91 Å². The fraction of sp³-hybridized carbons (Fsp3) is 0.417. The third-order valence-corrected chi connectivity index (χ3v) is 5.74. The van der Waals surface area contributed by atoms with Crippen molar-refractivity contribution in [2.24, 2.45) is 5.41 Å². The summed E-state index contributed by atoms with van der Waals surface area (Å²) in [7, 11) is 1.62. The number of carbonyl (C=O) groups excluding carboxylic acids is 2. The van der Waals surface area contributed by atoms with Gasteiger partial charge in [0, 0.05) is 25.3 Å². The molecule has 6 heteroatoms. The quantitative estimate of drug-likeness (QED) is 0.775. The fourth-order valence-electron chi connectivity index (χ4n) is 3.92. The van der Waals surface area contributed by atoms with Gasteiger partial charge in [0.15, 0.2) is 0 Å².